The molecule has 0 aliphatic rings. The highest BCUT2D eigenvalue weighted by atomic mass is 16.5. The van der Waals surface area contributed by atoms with Crippen LogP contribution in [0.25, 0.3) is 10.8 Å². The number of benzene rings is 1. The van der Waals surface area contributed by atoms with Crippen molar-refractivity contribution >= 4 is 16.7 Å². The van der Waals surface area contributed by atoms with E-state index >= 15 is 0 Å². The summed E-state index contributed by atoms with van der Waals surface area (Å²) in [7, 11) is 1.65. The van der Waals surface area contributed by atoms with Gasteiger partial charge in [0.25, 0.3) is 11.5 Å². The lowest BCUT2D eigenvalue weighted by molar-refractivity contribution is 0.0950. The zero-order chi connectivity index (χ0) is 17.6. The van der Waals surface area contributed by atoms with Crippen molar-refractivity contribution in [3.8, 4) is 0 Å². The molecule has 0 radical (unpaired) electrons. The number of hydrogen-bond donors (Lipinski definition) is 2. The number of carbonyl (C=O) groups excluding carboxylic acids is 1. The number of aromatic nitrogens is 4. The van der Waals surface area contributed by atoms with Crippen molar-refractivity contribution in [2.24, 2.45) is 0 Å². The maximum absolute atomic E-state index is 12.5. The minimum atomic E-state index is -0.279. The van der Waals surface area contributed by atoms with Crippen LogP contribution in [0.4, 0.5) is 0 Å². The summed E-state index contributed by atoms with van der Waals surface area (Å²) in [5.41, 5.74) is 0.200. The van der Waals surface area contributed by atoms with Gasteiger partial charge in [-0.1, -0.05) is 18.2 Å². The van der Waals surface area contributed by atoms with Gasteiger partial charge in [-0.05, 0) is 12.5 Å². The molecule has 8 nitrogen and oxygen atoms in total. The Labute approximate surface area is 143 Å². The highest BCUT2D eigenvalue weighted by Crippen LogP contribution is 2.14. The molecule has 0 spiro atoms. The Balaban J connectivity index is 1.73. The van der Waals surface area contributed by atoms with Gasteiger partial charge in [-0.25, -0.2) is 0 Å². The van der Waals surface area contributed by atoms with Crippen molar-refractivity contribution in [3.05, 3.63) is 58.5 Å². The number of H-pyrrole nitrogens is 1. The van der Waals surface area contributed by atoms with Crippen molar-refractivity contribution in [1.29, 1.82) is 0 Å². The standard InChI is InChI=1S/C17H19N5O3/c1-25-8-4-7-22-11-20-21-15(22)10-19-17(24)14-9-18-16(23)13-6-3-2-5-12(13)14/h2-3,5-6,9,11H,4,7-8,10H2,1H3,(H,18,23)(H,19,24). The predicted molar refractivity (Wildman–Crippen MR) is 92.3 cm³/mol. The lowest BCUT2D eigenvalue weighted by Gasteiger charge is -2.09. The molecule has 1 aromatic carbocycles. The van der Waals surface area contributed by atoms with E-state index in [0.29, 0.717) is 35.3 Å². The van der Waals surface area contributed by atoms with Crippen LogP contribution in [0.5, 0.6) is 0 Å². The van der Waals surface area contributed by atoms with Gasteiger partial charge in [0.05, 0.1) is 12.1 Å². The van der Waals surface area contributed by atoms with Gasteiger partial charge in [0.15, 0.2) is 5.82 Å². The first-order valence-electron chi connectivity index (χ1n) is 7.95. The van der Waals surface area contributed by atoms with Gasteiger partial charge < -0.3 is 19.6 Å². The molecule has 0 saturated heterocycles. The van der Waals surface area contributed by atoms with E-state index in [1.54, 1.807) is 37.7 Å². The van der Waals surface area contributed by atoms with E-state index in [1.807, 2.05) is 4.57 Å². The Kier molecular flexibility index (Phi) is 5.20. The molecule has 130 valence electrons. The van der Waals surface area contributed by atoms with Crippen LogP contribution in [0.3, 0.4) is 0 Å². The van der Waals surface area contributed by atoms with Gasteiger partial charge in [-0.3, -0.25) is 9.59 Å². The van der Waals surface area contributed by atoms with Crippen LogP contribution >= 0.6 is 0 Å². The van der Waals surface area contributed by atoms with Crippen molar-refractivity contribution in [1.82, 2.24) is 25.1 Å². The second-order valence-electron chi connectivity index (χ2n) is 5.55. The van der Waals surface area contributed by atoms with Crippen LogP contribution in [0.1, 0.15) is 22.6 Å². The predicted octanol–water partition coefficient (Wildman–Crippen LogP) is 1.09. The highest BCUT2D eigenvalue weighted by Gasteiger charge is 2.13. The second kappa shape index (κ2) is 7.71. The smallest absolute Gasteiger partial charge is 0.255 e. The molecule has 8 heteroatoms. The molecule has 3 aromatic rings. The first-order chi connectivity index (χ1) is 12.2. The summed E-state index contributed by atoms with van der Waals surface area (Å²) in [6, 6.07) is 7.01. The Bertz CT molecular complexity index is 931. The number of aromatic amines is 1. The molecular weight excluding hydrogens is 322 g/mol. The van der Waals surface area contributed by atoms with Crippen LogP contribution in [0, 0.1) is 0 Å². The minimum Gasteiger partial charge on any atom is -0.385 e. The molecular formula is C17H19N5O3. The number of amides is 1. The van der Waals surface area contributed by atoms with Crippen LogP contribution in [0.2, 0.25) is 0 Å². The normalized spacial score (nSPS) is 10.9. The summed E-state index contributed by atoms with van der Waals surface area (Å²) in [6.07, 6.45) is 3.90. The zero-order valence-corrected chi connectivity index (χ0v) is 13.9. The number of nitrogens with one attached hydrogen (secondary N) is 2. The fourth-order valence-corrected chi connectivity index (χ4v) is 2.63. The van der Waals surface area contributed by atoms with Crippen LogP contribution in [-0.4, -0.2) is 39.4 Å². The molecule has 2 aromatic heterocycles. The van der Waals surface area contributed by atoms with Gasteiger partial charge in [0.1, 0.15) is 6.33 Å². The number of methoxy groups -OCH3 is 1. The van der Waals surface area contributed by atoms with E-state index in [-0.39, 0.29) is 18.0 Å². The molecule has 0 aliphatic heterocycles. The largest absolute Gasteiger partial charge is 0.385 e. The van der Waals surface area contributed by atoms with E-state index in [4.69, 9.17) is 4.74 Å². The van der Waals surface area contributed by atoms with Crippen molar-refractivity contribution in [3.63, 3.8) is 0 Å². The van der Waals surface area contributed by atoms with Crippen molar-refractivity contribution in [2.45, 2.75) is 19.5 Å². The summed E-state index contributed by atoms with van der Waals surface area (Å²) in [4.78, 5) is 27.0. The van der Waals surface area contributed by atoms with Crippen LogP contribution in [-0.2, 0) is 17.8 Å². The summed E-state index contributed by atoms with van der Waals surface area (Å²) in [5.74, 6) is 0.386. The van der Waals surface area contributed by atoms with E-state index in [1.165, 1.54) is 6.20 Å². The lowest BCUT2D eigenvalue weighted by atomic mass is 10.1. The minimum absolute atomic E-state index is 0.218. The molecule has 0 saturated carbocycles. The number of hydrogen-bond acceptors (Lipinski definition) is 5. The fraction of sp³-hybridized carbons (Fsp3) is 0.294. The van der Waals surface area contributed by atoms with Crippen LogP contribution in [0.15, 0.2) is 41.6 Å². The Morgan fingerprint density at radius 3 is 2.92 bits per heavy atom. The molecule has 25 heavy (non-hydrogen) atoms. The maximum Gasteiger partial charge on any atom is 0.255 e. The first kappa shape index (κ1) is 16.8. The SMILES string of the molecule is COCCCn1cnnc1CNC(=O)c1c[nH]c(=O)c2ccccc12. The van der Waals surface area contributed by atoms with Crippen LogP contribution < -0.4 is 10.9 Å². The third-order valence-corrected chi connectivity index (χ3v) is 3.90. The Morgan fingerprint density at radius 1 is 1.32 bits per heavy atom. The van der Waals surface area contributed by atoms with Crippen molar-refractivity contribution < 1.29 is 9.53 Å². The summed E-state index contributed by atoms with van der Waals surface area (Å²) in [5, 5.41) is 11.9. The average molecular weight is 341 g/mol. The van der Waals surface area contributed by atoms with E-state index < -0.39 is 0 Å². The van der Waals surface area contributed by atoms with E-state index in [0.717, 1.165) is 6.42 Å². The quantitative estimate of drug-likeness (QED) is 0.626. The van der Waals surface area contributed by atoms with Gasteiger partial charge in [0.2, 0.25) is 0 Å². The highest BCUT2D eigenvalue weighted by molar-refractivity contribution is 6.06. The molecule has 0 aliphatic carbocycles. The Hall–Kier alpha value is -3.00. The average Bonchev–Trinajstić information content (AvgIpc) is 3.08. The number of carbonyl (C=O) groups is 1. The van der Waals surface area contributed by atoms with Gasteiger partial charge >= 0.3 is 0 Å². The lowest BCUT2D eigenvalue weighted by Crippen LogP contribution is -2.26. The van der Waals surface area contributed by atoms with E-state index in [9.17, 15) is 9.59 Å². The molecule has 2 N–H and O–H groups in total. The number of nitrogens with zero attached hydrogens (tertiary/aromatic N) is 3. The van der Waals surface area contributed by atoms with Crippen molar-refractivity contribution in [2.75, 3.05) is 13.7 Å². The molecule has 3 rings (SSSR count). The molecule has 0 atom stereocenters. The number of aryl methyl sites for hydroxylation is 1. The van der Waals surface area contributed by atoms with Gasteiger partial charge in [-0.2, -0.15) is 0 Å². The van der Waals surface area contributed by atoms with Gasteiger partial charge in [0, 0.05) is 37.2 Å². The zero-order valence-electron chi connectivity index (χ0n) is 13.9. The van der Waals surface area contributed by atoms with E-state index in [2.05, 4.69) is 20.5 Å². The fourth-order valence-electron chi connectivity index (χ4n) is 2.63. The molecule has 2 heterocycles. The third kappa shape index (κ3) is 3.74. The molecule has 1 amide bonds. The number of rotatable bonds is 7. The maximum atomic E-state index is 12.5. The first-order valence-corrected chi connectivity index (χ1v) is 7.95. The Morgan fingerprint density at radius 2 is 2.12 bits per heavy atom. The van der Waals surface area contributed by atoms with Gasteiger partial charge in [-0.15, -0.1) is 10.2 Å². The molecule has 0 unspecified atom stereocenters. The topological polar surface area (TPSA) is 102 Å². The summed E-state index contributed by atoms with van der Waals surface area (Å²) >= 11 is 0. The second-order valence-corrected chi connectivity index (χ2v) is 5.55. The molecule has 0 fully saturated rings. The summed E-state index contributed by atoms with van der Waals surface area (Å²) < 4.78 is 6.91. The number of ether oxygens (including phenoxy) is 1. The number of pyridine rings is 1. The third-order valence-electron chi connectivity index (χ3n) is 3.90. The molecule has 0 bridgehead atoms. The summed E-state index contributed by atoms with van der Waals surface area (Å²) in [6.45, 7) is 1.61. The number of fused-ring (bicyclic) bond motifs is 1. The monoisotopic (exact) mass is 341 g/mol.